The second-order valence-corrected chi connectivity index (χ2v) is 9.42. The fraction of sp³-hybridized carbons (Fsp3) is 0.0870. The van der Waals surface area contributed by atoms with Gasteiger partial charge >= 0.3 is 5.97 Å². The zero-order valence-electron chi connectivity index (χ0n) is 16.9. The zero-order valence-corrected chi connectivity index (χ0v) is 18.5. The average Bonchev–Trinajstić information content (AvgIpc) is 3.23. The van der Waals surface area contributed by atoms with Crippen molar-refractivity contribution >= 4 is 44.4 Å². The molecule has 1 N–H and O–H groups in total. The van der Waals surface area contributed by atoms with Gasteiger partial charge in [-0.05, 0) is 35.9 Å². The lowest BCUT2D eigenvalue weighted by Crippen LogP contribution is -2.13. The summed E-state index contributed by atoms with van der Waals surface area (Å²) >= 11 is 1.26. The number of fused-ring (bicyclic) bond motifs is 1. The Morgan fingerprint density at radius 1 is 1.06 bits per heavy atom. The number of furan rings is 1. The third-order valence-electron chi connectivity index (χ3n) is 4.66. The summed E-state index contributed by atoms with van der Waals surface area (Å²) < 4.78 is 52.4. The SMILES string of the molecule is COC(=O)c1ccccc1CSc1ccc(F)cc1NS(=O)(=O)c1cc2ccccc2o1. The summed E-state index contributed by atoms with van der Waals surface area (Å²) in [6, 6.07) is 19.1. The first-order valence-electron chi connectivity index (χ1n) is 9.47. The maximum absolute atomic E-state index is 13.9. The Balaban J connectivity index is 1.61. The minimum absolute atomic E-state index is 0.0750. The summed E-state index contributed by atoms with van der Waals surface area (Å²) in [4.78, 5) is 12.5. The van der Waals surface area contributed by atoms with Crippen LogP contribution in [0.25, 0.3) is 11.0 Å². The fourth-order valence-electron chi connectivity index (χ4n) is 3.10. The van der Waals surface area contributed by atoms with E-state index in [-0.39, 0.29) is 10.8 Å². The molecule has 3 aromatic carbocycles. The number of methoxy groups -OCH3 is 1. The maximum atomic E-state index is 13.9. The van der Waals surface area contributed by atoms with Gasteiger partial charge in [0, 0.05) is 22.1 Å². The zero-order chi connectivity index (χ0) is 22.7. The number of hydrogen-bond donors (Lipinski definition) is 1. The number of carbonyl (C=O) groups is 1. The van der Waals surface area contributed by atoms with Crippen molar-refractivity contribution in [2.75, 3.05) is 11.8 Å². The van der Waals surface area contributed by atoms with Crippen molar-refractivity contribution in [3.63, 3.8) is 0 Å². The van der Waals surface area contributed by atoms with E-state index in [0.717, 1.165) is 6.07 Å². The van der Waals surface area contributed by atoms with E-state index in [1.165, 1.54) is 37.1 Å². The predicted octanol–water partition coefficient (Wildman–Crippen LogP) is 5.45. The van der Waals surface area contributed by atoms with Crippen LogP contribution in [-0.2, 0) is 20.5 Å². The predicted molar refractivity (Wildman–Crippen MR) is 121 cm³/mol. The highest BCUT2D eigenvalue weighted by atomic mass is 32.2. The molecule has 0 spiro atoms. The topological polar surface area (TPSA) is 85.6 Å². The first kappa shape index (κ1) is 21.9. The molecule has 0 aliphatic carbocycles. The smallest absolute Gasteiger partial charge is 0.338 e. The van der Waals surface area contributed by atoms with E-state index in [0.29, 0.717) is 32.7 Å². The second-order valence-electron chi connectivity index (χ2n) is 6.79. The van der Waals surface area contributed by atoms with Crippen molar-refractivity contribution in [1.82, 2.24) is 0 Å². The number of carbonyl (C=O) groups excluding carboxylic acids is 1. The Kier molecular flexibility index (Phi) is 6.20. The molecule has 0 aliphatic rings. The lowest BCUT2D eigenvalue weighted by atomic mass is 10.1. The summed E-state index contributed by atoms with van der Waals surface area (Å²) in [7, 11) is -2.79. The number of nitrogens with one attached hydrogen (secondary N) is 1. The molecule has 0 fully saturated rings. The molecule has 4 rings (SSSR count). The van der Waals surface area contributed by atoms with Crippen molar-refractivity contribution in [1.29, 1.82) is 0 Å². The van der Waals surface area contributed by atoms with Crippen LogP contribution in [-0.4, -0.2) is 21.5 Å². The number of rotatable bonds is 7. The Labute approximate surface area is 188 Å². The summed E-state index contributed by atoms with van der Waals surface area (Å²) in [5.74, 6) is -0.714. The van der Waals surface area contributed by atoms with E-state index >= 15 is 0 Å². The molecule has 0 aliphatic heterocycles. The van der Waals surface area contributed by atoms with Crippen molar-refractivity contribution in [2.45, 2.75) is 15.7 Å². The minimum Gasteiger partial charge on any atom is -0.465 e. The highest BCUT2D eigenvalue weighted by molar-refractivity contribution is 7.98. The average molecular weight is 472 g/mol. The van der Waals surface area contributed by atoms with E-state index in [1.54, 1.807) is 48.5 Å². The molecular formula is C23H18FNO5S2. The Bertz CT molecular complexity index is 1370. The van der Waals surface area contributed by atoms with E-state index in [2.05, 4.69) is 4.72 Å². The number of halogens is 1. The van der Waals surface area contributed by atoms with Crippen LogP contribution < -0.4 is 4.72 Å². The summed E-state index contributed by atoms with van der Waals surface area (Å²) in [6.45, 7) is 0. The molecule has 0 saturated carbocycles. The number of hydrogen-bond acceptors (Lipinski definition) is 6. The number of benzene rings is 3. The first-order valence-corrected chi connectivity index (χ1v) is 11.9. The van der Waals surface area contributed by atoms with Gasteiger partial charge in [-0.3, -0.25) is 4.72 Å². The Hall–Kier alpha value is -3.30. The van der Waals surface area contributed by atoms with Gasteiger partial charge in [0.05, 0.1) is 18.4 Å². The molecule has 4 aromatic rings. The van der Waals surface area contributed by atoms with Crippen LogP contribution in [0.2, 0.25) is 0 Å². The normalized spacial score (nSPS) is 11.4. The summed E-state index contributed by atoms with van der Waals surface area (Å²) in [5.41, 5.74) is 1.63. The molecule has 0 unspecified atom stereocenters. The largest absolute Gasteiger partial charge is 0.465 e. The highest BCUT2D eigenvalue weighted by Gasteiger charge is 2.22. The third-order valence-corrected chi connectivity index (χ3v) is 7.00. The molecule has 9 heteroatoms. The molecule has 0 radical (unpaired) electrons. The molecular weight excluding hydrogens is 453 g/mol. The lowest BCUT2D eigenvalue weighted by molar-refractivity contribution is 0.0600. The number of sulfonamides is 1. The number of anilines is 1. The third kappa shape index (κ3) is 4.63. The van der Waals surface area contributed by atoms with Gasteiger partial charge in [0.25, 0.3) is 10.0 Å². The van der Waals surface area contributed by atoms with Gasteiger partial charge in [-0.2, -0.15) is 8.42 Å². The van der Waals surface area contributed by atoms with Crippen LogP contribution >= 0.6 is 11.8 Å². The molecule has 32 heavy (non-hydrogen) atoms. The molecule has 0 saturated heterocycles. The number of esters is 1. The molecule has 164 valence electrons. The lowest BCUT2D eigenvalue weighted by Gasteiger charge is -2.12. The van der Waals surface area contributed by atoms with E-state index in [4.69, 9.17) is 9.15 Å². The molecule has 6 nitrogen and oxygen atoms in total. The molecule has 0 atom stereocenters. The van der Waals surface area contributed by atoms with Gasteiger partial charge in [0.2, 0.25) is 5.09 Å². The van der Waals surface area contributed by atoms with Crippen LogP contribution in [0.5, 0.6) is 0 Å². The van der Waals surface area contributed by atoms with Gasteiger partial charge in [-0.1, -0.05) is 36.4 Å². The quantitative estimate of drug-likeness (QED) is 0.285. The summed E-state index contributed by atoms with van der Waals surface area (Å²) in [5, 5.41) is 0.371. The van der Waals surface area contributed by atoms with Gasteiger partial charge in [0.1, 0.15) is 11.4 Å². The first-order chi connectivity index (χ1) is 15.4. The van der Waals surface area contributed by atoms with Gasteiger partial charge in [0.15, 0.2) is 0 Å². The van der Waals surface area contributed by atoms with Crippen molar-refractivity contribution in [3.8, 4) is 0 Å². The number of thioether (sulfide) groups is 1. The fourth-order valence-corrected chi connectivity index (χ4v) is 5.20. The molecule has 1 heterocycles. The molecule has 0 amide bonds. The van der Waals surface area contributed by atoms with Crippen LogP contribution in [0, 0.1) is 5.82 Å². The molecule has 1 aromatic heterocycles. The van der Waals surface area contributed by atoms with Gasteiger partial charge < -0.3 is 9.15 Å². The standard InChI is InChI=1S/C23H18FNO5S2/c1-29-23(26)18-8-4-2-7-16(18)14-31-21-11-10-17(24)13-19(21)25-32(27,28)22-12-15-6-3-5-9-20(15)30-22/h2-13,25H,14H2,1H3. The Morgan fingerprint density at radius 3 is 2.59 bits per heavy atom. The number of ether oxygens (including phenoxy) is 1. The number of para-hydroxylation sites is 1. The van der Waals surface area contributed by atoms with E-state index in [1.807, 2.05) is 0 Å². The molecule has 0 bridgehead atoms. The minimum atomic E-state index is -4.09. The van der Waals surface area contributed by atoms with Gasteiger partial charge in [-0.15, -0.1) is 11.8 Å². The van der Waals surface area contributed by atoms with Crippen molar-refractivity contribution < 1.29 is 26.8 Å². The van der Waals surface area contributed by atoms with E-state index in [9.17, 15) is 17.6 Å². The van der Waals surface area contributed by atoms with E-state index < -0.39 is 21.8 Å². The van der Waals surface area contributed by atoms with Crippen LogP contribution in [0.4, 0.5) is 10.1 Å². The van der Waals surface area contributed by atoms with Crippen molar-refractivity contribution in [3.05, 3.63) is 89.7 Å². The summed E-state index contributed by atoms with van der Waals surface area (Å²) in [6.07, 6.45) is 0. The maximum Gasteiger partial charge on any atom is 0.338 e. The van der Waals surface area contributed by atoms with Gasteiger partial charge in [-0.25, -0.2) is 9.18 Å². The Morgan fingerprint density at radius 2 is 1.81 bits per heavy atom. The second kappa shape index (κ2) is 9.05. The van der Waals surface area contributed by atoms with Crippen LogP contribution in [0.15, 0.2) is 87.2 Å². The van der Waals surface area contributed by atoms with Crippen LogP contribution in [0.3, 0.4) is 0 Å². The highest BCUT2D eigenvalue weighted by Crippen LogP contribution is 2.33. The monoisotopic (exact) mass is 471 g/mol. The van der Waals surface area contributed by atoms with Crippen LogP contribution in [0.1, 0.15) is 15.9 Å². The van der Waals surface area contributed by atoms with Crippen molar-refractivity contribution in [2.24, 2.45) is 0 Å².